The standard InChI is InChI=1S/C12H11NO3S/c14-12(15)10-8-17-11(13-10)7-16-6-9-4-2-1-3-5-9/h1-5,8H,6-7H2,(H,14,15). The number of carboxylic acids is 1. The first-order chi connectivity index (χ1) is 8.25. The van der Waals surface area contributed by atoms with E-state index in [1.165, 1.54) is 16.7 Å². The van der Waals surface area contributed by atoms with Gasteiger partial charge in [0.05, 0.1) is 13.2 Å². The van der Waals surface area contributed by atoms with Crippen LogP contribution >= 0.6 is 11.3 Å². The zero-order chi connectivity index (χ0) is 12.1. The number of thiazole rings is 1. The molecule has 0 atom stereocenters. The fourth-order valence-electron chi connectivity index (χ4n) is 1.31. The van der Waals surface area contributed by atoms with Crippen LogP contribution in [-0.4, -0.2) is 16.1 Å². The minimum Gasteiger partial charge on any atom is -0.476 e. The summed E-state index contributed by atoms with van der Waals surface area (Å²) in [5.41, 5.74) is 1.16. The summed E-state index contributed by atoms with van der Waals surface area (Å²) < 4.78 is 5.45. The monoisotopic (exact) mass is 249 g/mol. The highest BCUT2D eigenvalue weighted by Crippen LogP contribution is 2.12. The topological polar surface area (TPSA) is 59.4 Å². The highest BCUT2D eigenvalue weighted by Gasteiger charge is 2.08. The van der Waals surface area contributed by atoms with Crippen molar-refractivity contribution >= 4 is 17.3 Å². The van der Waals surface area contributed by atoms with Gasteiger partial charge in [0.1, 0.15) is 5.01 Å². The summed E-state index contributed by atoms with van der Waals surface area (Å²) in [7, 11) is 0. The minimum absolute atomic E-state index is 0.0771. The number of hydrogen-bond acceptors (Lipinski definition) is 4. The van der Waals surface area contributed by atoms with Crippen LogP contribution < -0.4 is 0 Å². The summed E-state index contributed by atoms with van der Waals surface area (Å²) in [5.74, 6) is -1.00. The van der Waals surface area contributed by atoms with E-state index in [-0.39, 0.29) is 5.69 Å². The summed E-state index contributed by atoms with van der Waals surface area (Å²) in [6.07, 6.45) is 0. The van der Waals surface area contributed by atoms with Crippen molar-refractivity contribution in [3.05, 3.63) is 52.0 Å². The Labute approximate surface area is 103 Å². The predicted molar refractivity (Wildman–Crippen MR) is 64.0 cm³/mol. The van der Waals surface area contributed by atoms with Gasteiger partial charge in [-0.05, 0) is 5.56 Å². The lowest BCUT2D eigenvalue weighted by molar-refractivity contribution is 0.0689. The first kappa shape index (κ1) is 11.8. The van der Waals surface area contributed by atoms with Crippen molar-refractivity contribution < 1.29 is 14.6 Å². The molecule has 0 unspecified atom stereocenters. The van der Waals surface area contributed by atoms with Crippen LogP contribution in [0.1, 0.15) is 21.1 Å². The molecule has 17 heavy (non-hydrogen) atoms. The smallest absolute Gasteiger partial charge is 0.355 e. The van der Waals surface area contributed by atoms with Gasteiger partial charge in [0.2, 0.25) is 0 Å². The average Bonchev–Trinajstić information content (AvgIpc) is 2.79. The molecule has 88 valence electrons. The fourth-order valence-corrected chi connectivity index (χ4v) is 2.01. The molecule has 1 N–H and O–H groups in total. The molecule has 0 fully saturated rings. The number of benzene rings is 1. The molecular formula is C12H11NO3S. The van der Waals surface area contributed by atoms with Gasteiger partial charge in [-0.1, -0.05) is 30.3 Å². The SMILES string of the molecule is O=C(O)c1csc(COCc2ccccc2)n1. The molecule has 0 aliphatic carbocycles. The van der Waals surface area contributed by atoms with E-state index in [0.717, 1.165) is 5.56 Å². The molecule has 0 amide bonds. The van der Waals surface area contributed by atoms with Crippen molar-refractivity contribution in [1.29, 1.82) is 0 Å². The van der Waals surface area contributed by atoms with Gasteiger partial charge in [0, 0.05) is 5.38 Å². The fraction of sp³-hybridized carbons (Fsp3) is 0.167. The van der Waals surface area contributed by atoms with Crippen LogP contribution in [0.5, 0.6) is 0 Å². The lowest BCUT2D eigenvalue weighted by atomic mass is 10.2. The lowest BCUT2D eigenvalue weighted by Gasteiger charge is -2.01. The third-order valence-corrected chi connectivity index (χ3v) is 2.93. The molecular weight excluding hydrogens is 238 g/mol. The van der Waals surface area contributed by atoms with Crippen LogP contribution in [0.3, 0.4) is 0 Å². The van der Waals surface area contributed by atoms with Crippen LogP contribution in [0, 0.1) is 0 Å². The second-order valence-corrected chi connectivity index (χ2v) is 4.35. The number of aromatic carboxylic acids is 1. The van der Waals surface area contributed by atoms with E-state index >= 15 is 0 Å². The first-order valence-corrected chi connectivity index (χ1v) is 5.93. The number of nitrogens with zero attached hydrogens (tertiary/aromatic N) is 1. The van der Waals surface area contributed by atoms with Crippen molar-refractivity contribution in [2.75, 3.05) is 0 Å². The number of carbonyl (C=O) groups is 1. The maximum absolute atomic E-state index is 10.6. The number of hydrogen-bond donors (Lipinski definition) is 1. The predicted octanol–water partition coefficient (Wildman–Crippen LogP) is 2.56. The Hall–Kier alpha value is -1.72. The van der Waals surface area contributed by atoms with E-state index in [1.807, 2.05) is 30.3 Å². The molecule has 2 rings (SSSR count). The van der Waals surface area contributed by atoms with Gasteiger partial charge in [-0.15, -0.1) is 11.3 Å². The molecule has 0 radical (unpaired) electrons. The molecule has 4 nitrogen and oxygen atoms in total. The number of ether oxygens (including phenoxy) is 1. The number of aromatic nitrogens is 1. The van der Waals surface area contributed by atoms with E-state index in [1.54, 1.807) is 0 Å². The van der Waals surface area contributed by atoms with E-state index in [4.69, 9.17) is 9.84 Å². The second-order valence-electron chi connectivity index (χ2n) is 3.41. The highest BCUT2D eigenvalue weighted by atomic mass is 32.1. The molecule has 0 aliphatic rings. The van der Waals surface area contributed by atoms with Crippen LogP contribution in [0.15, 0.2) is 35.7 Å². The third-order valence-electron chi connectivity index (χ3n) is 2.11. The summed E-state index contributed by atoms with van der Waals surface area (Å²) in [5, 5.41) is 10.9. The molecule has 0 aliphatic heterocycles. The Morgan fingerprint density at radius 2 is 2.06 bits per heavy atom. The van der Waals surface area contributed by atoms with Gasteiger partial charge in [0.15, 0.2) is 5.69 Å². The van der Waals surface area contributed by atoms with Crippen molar-refractivity contribution in [1.82, 2.24) is 4.98 Å². The van der Waals surface area contributed by atoms with Crippen molar-refractivity contribution in [3.8, 4) is 0 Å². The van der Waals surface area contributed by atoms with Crippen LogP contribution in [0.4, 0.5) is 0 Å². The Morgan fingerprint density at radius 1 is 1.29 bits per heavy atom. The Balaban J connectivity index is 1.84. The van der Waals surface area contributed by atoms with Crippen molar-refractivity contribution in [2.45, 2.75) is 13.2 Å². The molecule has 0 saturated heterocycles. The maximum Gasteiger partial charge on any atom is 0.355 e. The summed E-state index contributed by atoms with van der Waals surface area (Å²) in [6.45, 7) is 0.843. The molecule has 1 aromatic heterocycles. The molecule has 0 spiro atoms. The zero-order valence-corrected chi connectivity index (χ0v) is 9.81. The minimum atomic E-state index is -1.00. The second kappa shape index (κ2) is 5.56. The zero-order valence-electron chi connectivity index (χ0n) is 9.00. The van der Waals surface area contributed by atoms with Crippen LogP contribution in [-0.2, 0) is 18.0 Å². The van der Waals surface area contributed by atoms with Crippen LogP contribution in [0.25, 0.3) is 0 Å². The van der Waals surface area contributed by atoms with Gasteiger partial charge in [0.25, 0.3) is 0 Å². The Morgan fingerprint density at radius 3 is 2.71 bits per heavy atom. The van der Waals surface area contributed by atoms with Crippen LogP contribution in [0.2, 0.25) is 0 Å². The summed E-state index contributed by atoms with van der Waals surface area (Å²) in [6, 6.07) is 9.80. The first-order valence-electron chi connectivity index (χ1n) is 5.05. The van der Waals surface area contributed by atoms with Gasteiger partial charge in [-0.2, -0.15) is 0 Å². The maximum atomic E-state index is 10.6. The van der Waals surface area contributed by atoms with Gasteiger partial charge in [-0.3, -0.25) is 0 Å². The third kappa shape index (κ3) is 3.37. The molecule has 0 saturated carbocycles. The normalized spacial score (nSPS) is 10.4. The lowest BCUT2D eigenvalue weighted by Crippen LogP contribution is -1.98. The largest absolute Gasteiger partial charge is 0.476 e. The molecule has 0 bridgehead atoms. The quantitative estimate of drug-likeness (QED) is 0.884. The molecule has 2 aromatic rings. The van der Waals surface area contributed by atoms with Gasteiger partial charge >= 0.3 is 5.97 Å². The van der Waals surface area contributed by atoms with Gasteiger partial charge < -0.3 is 9.84 Å². The Bertz CT molecular complexity index is 495. The summed E-state index contributed by atoms with van der Waals surface area (Å²) >= 11 is 1.30. The number of rotatable bonds is 5. The highest BCUT2D eigenvalue weighted by molar-refractivity contribution is 7.09. The van der Waals surface area contributed by atoms with Crippen molar-refractivity contribution in [2.24, 2.45) is 0 Å². The van der Waals surface area contributed by atoms with E-state index in [2.05, 4.69) is 4.98 Å². The number of carboxylic acid groups (broad SMARTS) is 1. The van der Waals surface area contributed by atoms with Gasteiger partial charge in [-0.25, -0.2) is 9.78 Å². The molecule has 1 aromatic carbocycles. The van der Waals surface area contributed by atoms with E-state index in [9.17, 15) is 4.79 Å². The van der Waals surface area contributed by atoms with E-state index < -0.39 is 5.97 Å². The Kier molecular flexibility index (Phi) is 3.85. The summed E-state index contributed by atoms with van der Waals surface area (Å²) in [4.78, 5) is 14.5. The van der Waals surface area contributed by atoms with Crippen molar-refractivity contribution in [3.63, 3.8) is 0 Å². The van der Waals surface area contributed by atoms with E-state index in [0.29, 0.717) is 18.2 Å². The molecule has 1 heterocycles. The average molecular weight is 249 g/mol. The molecule has 5 heteroatoms.